The first-order valence-electron chi connectivity index (χ1n) is 7.22. The maximum Gasteiger partial charge on any atom is 0.247 e. The molecule has 1 aliphatic rings. The molecule has 0 unspecified atom stereocenters. The molecule has 0 saturated carbocycles. The van der Waals surface area contributed by atoms with Gasteiger partial charge in [-0.15, -0.1) is 0 Å². The van der Waals surface area contributed by atoms with Gasteiger partial charge in [-0.3, -0.25) is 0 Å². The molecule has 124 valence electrons. The molecule has 0 aliphatic carbocycles. The minimum atomic E-state index is -3.92. The van der Waals surface area contributed by atoms with E-state index in [2.05, 4.69) is 0 Å². The van der Waals surface area contributed by atoms with Gasteiger partial charge in [0, 0.05) is 19.7 Å². The smallest absolute Gasteiger partial charge is 0.247 e. The van der Waals surface area contributed by atoms with Gasteiger partial charge < -0.3 is 10.5 Å². The zero-order valence-electron chi connectivity index (χ0n) is 12.2. The molecule has 1 saturated heterocycles. The molecular formula is C14H20ClFN2O3S. The Labute approximate surface area is 135 Å². The van der Waals surface area contributed by atoms with E-state index in [1.807, 2.05) is 0 Å². The number of halogens is 2. The number of benzene rings is 1. The van der Waals surface area contributed by atoms with Crippen molar-refractivity contribution in [3.63, 3.8) is 0 Å². The van der Waals surface area contributed by atoms with Crippen molar-refractivity contribution in [2.75, 3.05) is 26.2 Å². The summed E-state index contributed by atoms with van der Waals surface area (Å²) < 4.78 is 45.8. The van der Waals surface area contributed by atoms with Crippen LogP contribution in [0.25, 0.3) is 0 Å². The van der Waals surface area contributed by atoms with E-state index in [4.69, 9.17) is 22.1 Å². The minimum absolute atomic E-state index is 0.0223. The van der Waals surface area contributed by atoms with Crippen LogP contribution in [0.15, 0.2) is 23.1 Å². The molecule has 8 heteroatoms. The molecule has 1 aliphatic heterocycles. The van der Waals surface area contributed by atoms with Crippen LogP contribution in [0.1, 0.15) is 19.3 Å². The molecule has 1 fully saturated rings. The summed E-state index contributed by atoms with van der Waals surface area (Å²) in [6.07, 6.45) is 1.96. The molecule has 0 atom stereocenters. The summed E-state index contributed by atoms with van der Waals surface area (Å²) in [6, 6.07) is 3.86. The van der Waals surface area contributed by atoms with Gasteiger partial charge in [-0.1, -0.05) is 17.7 Å². The predicted molar refractivity (Wildman–Crippen MR) is 82.8 cm³/mol. The number of sulfonamides is 1. The molecule has 0 amide bonds. The van der Waals surface area contributed by atoms with Crippen LogP contribution < -0.4 is 5.73 Å². The number of hydrogen-bond donors (Lipinski definition) is 1. The van der Waals surface area contributed by atoms with Crippen LogP contribution in [-0.2, 0) is 14.8 Å². The van der Waals surface area contributed by atoms with Crippen LogP contribution in [0.5, 0.6) is 0 Å². The first-order valence-corrected chi connectivity index (χ1v) is 9.04. The second-order valence-electron chi connectivity index (χ2n) is 5.17. The van der Waals surface area contributed by atoms with Gasteiger partial charge in [0.2, 0.25) is 10.0 Å². The van der Waals surface area contributed by atoms with Crippen LogP contribution in [0.2, 0.25) is 5.02 Å². The van der Waals surface area contributed by atoms with Crippen molar-refractivity contribution in [3.8, 4) is 0 Å². The Morgan fingerprint density at radius 3 is 2.64 bits per heavy atom. The van der Waals surface area contributed by atoms with E-state index in [0.717, 1.165) is 12.5 Å². The number of rotatable bonds is 6. The van der Waals surface area contributed by atoms with E-state index in [0.29, 0.717) is 39.1 Å². The Morgan fingerprint density at radius 2 is 2.05 bits per heavy atom. The van der Waals surface area contributed by atoms with Crippen molar-refractivity contribution in [3.05, 3.63) is 29.0 Å². The highest BCUT2D eigenvalue weighted by Gasteiger charge is 2.33. The van der Waals surface area contributed by atoms with E-state index >= 15 is 0 Å². The summed E-state index contributed by atoms with van der Waals surface area (Å²) >= 11 is 5.86. The minimum Gasteiger partial charge on any atom is -0.378 e. The van der Waals surface area contributed by atoms with E-state index in [9.17, 15) is 12.8 Å². The van der Waals surface area contributed by atoms with Crippen LogP contribution in [0.4, 0.5) is 4.39 Å². The Hall–Kier alpha value is -0.730. The number of piperidine rings is 1. The average Bonchev–Trinajstić information content (AvgIpc) is 2.47. The topological polar surface area (TPSA) is 72.6 Å². The van der Waals surface area contributed by atoms with Gasteiger partial charge in [0.1, 0.15) is 10.7 Å². The Kier molecular flexibility index (Phi) is 6.17. The Balaban J connectivity index is 2.04. The summed E-state index contributed by atoms with van der Waals surface area (Å²) in [5, 5.41) is -0.0960. The zero-order chi connectivity index (χ0) is 16.2. The van der Waals surface area contributed by atoms with Crippen molar-refractivity contribution in [2.24, 2.45) is 5.73 Å². The summed E-state index contributed by atoms with van der Waals surface area (Å²) in [5.41, 5.74) is 5.40. The van der Waals surface area contributed by atoms with Crippen molar-refractivity contribution < 1.29 is 17.5 Å². The highest BCUT2D eigenvalue weighted by atomic mass is 35.5. The fourth-order valence-corrected chi connectivity index (χ4v) is 4.46. The van der Waals surface area contributed by atoms with Gasteiger partial charge >= 0.3 is 0 Å². The lowest BCUT2D eigenvalue weighted by Crippen LogP contribution is -2.41. The first-order chi connectivity index (χ1) is 10.5. The lowest BCUT2D eigenvalue weighted by atomic mass is 10.1. The molecule has 5 nitrogen and oxygen atoms in total. The number of nitrogens with zero attached hydrogens (tertiary/aromatic N) is 1. The fraction of sp³-hybridized carbons (Fsp3) is 0.571. The van der Waals surface area contributed by atoms with Crippen molar-refractivity contribution in [2.45, 2.75) is 30.3 Å². The third-order valence-corrected chi connectivity index (χ3v) is 6.02. The van der Waals surface area contributed by atoms with Crippen molar-refractivity contribution >= 4 is 21.6 Å². The quantitative estimate of drug-likeness (QED) is 0.796. The maximum atomic E-state index is 13.9. The zero-order valence-corrected chi connectivity index (χ0v) is 13.7. The molecular weight excluding hydrogens is 331 g/mol. The van der Waals surface area contributed by atoms with Gasteiger partial charge in [-0.25, -0.2) is 12.8 Å². The van der Waals surface area contributed by atoms with Crippen LogP contribution in [0, 0.1) is 5.82 Å². The highest BCUT2D eigenvalue weighted by Crippen LogP contribution is 2.29. The third-order valence-electron chi connectivity index (χ3n) is 3.62. The standard InChI is InChI=1S/C14H20ClFN2O3S/c15-12-3-1-4-13(16)14(12)22(19,20)18-8-5-11(6-9-18)21-10-2-7-17/h1,3-4,11H,2,5-10,17H2. The second kappa shape index (κ2) is 7.70. The van der Waals surface area contributed by atoms with Gasteiger partial charge in [0.15, 0.2) is 0 Å². The molecule has 0 spiro atoms. The molecule has 1 aromatic rings. The summed E-state index contributed by atoms with van der Waals surface area (Å²) in [5.74, 6) is -0.825. The van der Waals surface area contributed by atoms with Crippen molar-refractivity contribution in [1.82, 2.24) is 4.31 Å². The van der Waals surface area contributed by atoms with E-state index in [-0.39, 0.29) is 11.1 Å². The largest absolute Gasteiger partial charge is 0.378 e. The number of ether oxygens (including phenoxy) is 1. The molecule has 2 rings (SSSR count). The maximum absolute atomic E-state index is 13.9. The molecule has 2 N–H and O–H groups in total. The molecule has 1 heterocycles. The SMILES string of the molecule is NCCCOC1CCN(S(=O)(=O)c2c(F)cccc2Cl)CC1. The predicted octanol–water partition coefficient (Wildman–Crippen LogP) is 2.00. The third kappa shape index (κ3) is 3.97. The van der Waals surface area contributed by atoms with Gasteiger partial charge in [-0.2, -0.15) is 4.31 Å². The fourth-order valence-electron chi connectivity index (χ4n) is 2.43. The monoisotopic (exact) mass is 350 g/mol. The van der Waals surface area contributed by atoms with Crippen LogP contribution in [-0.4, -0.2) is 45.1 Å². The Morgan fingerprint density at radius 1 is 1.36 bits per heavy atom. The normalized spacial score (nSPS) is 17.8. The second-order valence-corrected chi connectivity index (χ2v) is 7.45. The van der Waals surface area contributed by atoms with Crippen LogP contribution >= 0.6 is 11.6 Å². The van der Waals surface area contributed by atoms with Gasteiger partial charge in [0.05, 0.1) is 11.1 Å². The summed E-state index contributed by atoms with van der Waals surface area (Å²) in [7, 11) is -3.92. The number of nitrogens with two attached hydrogens (primary N) is 1. The Bertz CT molecular complexity index is 584. The first kappa shape index (κ1) is 17.6. The molecule has 1 aromatic carbocycles. The number of hydrogen-bond acceptors (Lipinski definition) is 4. The van der Waals surface area contributed by atoms with E-state index in [1.54, 1.807) is 0 Å². The lowest BCUT2D eigenvalue weighted by molar-refractivity contribution is 0.0208. The lowest BCUT2D eigenvalue weighted by Gasteiger charge is -2.31. The van der Waals surface area contributed by atoms with E-state index < -0.39 is 20.7 Å². The summed E-state index contributed by atoms with van der Waals surface area (Å²) in [6.45, 7) is 1.73. The molecule has 0 bridgehead atoms. The average molecular weight is 351 g/mol. The molecule has 0 radical (unpaired) electrons. The van der Waals surface area contributed by atoms with Crippen molar-refractivity contribution in [1.29, 1.82) is 0 Å². The van der Waals surface area contributed by atoms with Gasteiger partial charge in [0.25, 0.3) is 0 Å². The highest BCUT2D eigenvalue weighted by molar-refractivity contribution is 7.89. The van der Waals surface area contributed by atoms with Crippen LogP contribution in [0.3, 0.4) is 0 Å². The molecule has 0 aromatic heterocycles. The molecule has 22 heavy (non-hydrogen) atoms. The van der Waals surface area contributed by atoms with Gasteiger partial charge in [-0.05, 0) is 37.9 Å². The van der Waals surface area contributed by atoms with E-state index in [1.165, 1.54) is 16.4 Å². The summed E-state index contributed by atoms with van der Waals surface area (Å²) in [4.78, 5) is -0.445.